The summed E-state index contributed by atoms with van der Waals surface area (Å²) in [6, 6.07) is 11.9. The molecule has 0 unspecified atom stereocenters. The van der Waals surface area contributed by atoms with Crippen LogP contribution in [0.25, 0.3) is 0 Å². The smallest absolute Gasteiger partial charge is 0.273 e. The van der Waals surface area contributed by atoms with Crippen molar-refractivity contribution in [3.05, 3.63) is 76.1 Å². The van der Waals surface area contributed by atoms with Crippen LogP contribution in [0.15, 0.2) is 52.7 Å². The SMILES string of the molecule is COc1ccc(C=NNC(=O)c2cc(C(=O)NN=Cc3ccc(OC)c(OC)c3)c(C)nc2C)cc1OC. The number of hydrogen-bond acceptors (Lipinski definition) is 9. The summed E-state index contributed by atoms with van der Waals surface area (Å²) < 4.78 is 21.0. The van der Waals surface area contributed by atoms with Crippen LogP contribution in [0.5, 0.6) is 23.0 Å². The average molecular weight is 520 g/mol. The second kappa shape index (κ2) is 12.9. The molecule has 0 fully saturated rings. The van der Waals surface area contributed by atoms with E-state index in [2.05, 4.69) is 26.0 Å². The van der Waals surface area contributed by atoms with E-state index in [0.717, 1.165) is 0 Å². The van der Waals surface area contributed by atoms with Crippen molar-refractivity contribution in [3.8, 4) is 23.0 Å². The van der Waals surface area contributed by atoms with Gasteiger partial charge in [0.15, 0.2) is 23.0 Å². The summed E-state index contributed by atoms with van der Waals surface area (Å²) in [7, 11) is 6.15. The van der Waals surface area contributed by atoms with E-state index >= 15 is 0 Å². The number of nitrogens with one attached hydrogen (secondary N) is 2. The number of benzene rings is 2. The molecule has 11 nitrogen and oxygen atoms in total. The van der Waals surface area contributed by atoms with E-state index in [0.29, 0.717) is 45.5 Å². The Labute approximate surface area is 220 Å². The van der Waals surface area contributed by atoms with Crippen LogP contribution in [-0.2, 0) is 0 Å². The molecule has 2 N–H and O–H groups in total. The minimum absolute atomic E-state index is 0.203. The van der Waals surface area contributed by atoms with Gasteiger partial charge in [0.2, 0.25) is 0 Å². The zero-order valence-corrected chi connectivity index (χ0v) is 22.0. The Morgan fingerprint density at radius 2 is 1.05 bits per heavy atom. The van der Waals surface area contributed by atoms with Gasteiger partial charge < -0.3 is 18.9 Å². The van der Waals surface area contributed by atoms with E-state index in [1.54, 1.807) is 64.5 Å². The second-order valence-electron chi connectivity index (χ2n) is 7.88. The quantitative estimate of drug-likeness (QED) is 0.310. The summed E-state index contributed by atoms with van der Waals surface area (Å²) >= 11 is 0. The summed E-state index contributed by atoms with van der Waals surface area (Å²) in [6.07, 6.45) is 2.93. The molecule has 0 saturated heterocycles. The molecule has 198 valence electrons. The lowest BCUT2D eigenvalue weighted by Crippen LogP contribution is -2.23. The van der Waals surface area contributed by atoms with Crippen LogP contribution in [0.2, 0.25) is 0 Å². The zero-order chi connectivity index (χ0) is 27.7. The first-order valence-corrected chi connectivity index (χ1v) is 11.4. The minimum atomic E-state index is -0.519. The fraction of sp³-hybridized carbons (Fsp3) is 0.222. The summed E-state index contributed by atoms with van der Waals surface area (Å²) in [5.41, 5.74) is 7.60. The van der Waals surface area contributed by atoms with E-state index in [-0.39, 0.29) is 11.1 Å². The number of pyridine rings is 1. The number of amides is 2. The number of aromatic nitrogens is 1. The number of hydrazone groups is 2. The van der Waals surface area contributed by atoms with Crippen LogP contribution in [-0.4, -0.2) is 57.7 Å². The molecule has 2 aromatic carbocycles. The van der Waals surface area contributed by atoms with E-state index in [1.165, 1.54) is 32.7 Å². The number of methoxy groups -OCH3 is 4. The van der Waals surface area contributed by atoms with Gasteiger partial charge in [-0.25, -0.2) is 10.9 Å². The summed E-state index contributed by atoms with van der Waals surface area (Å²) in [5, 5.41) is 8.01. The van der Waals surface area contributed by atoms with Crippen molar-refractivity contribution < 1.29 is 28.5 Å². The largest absolute Gasteiger partial charge is 0.493 e. The predicted molar refractivity (Wildman–Crippen MR) is 143 cm³/mol. The van der Waals surface area contributed by atoms with E-state index in [4.69, 9.17) is 18.9 Å². The molecule has 0 saturated carbocycles. The second-order valence-corrected chi connectivity index (χ2v) is 7.88. The minimum Gasteiger partial charge on any atom is -0.493 e. The monoisotopic (exact) mass is 519 g/mol. The van der Waals surface area contributed by atoms with Gasteiger partial charge in [0.1, 0.15) is 0 Å². The lowest BCUT2D eigenvalue weighted by molar-refractivity contribution is 0.0954. The molecular formula is C27H29N5O6. The van der Waals surface area contributed by atoms with Crippen LogP contribution >= 0.6 is 0 Å². The van der Waals surface area contributed by atoms with E-state index < -0.39 is 11.8 Å². The Bertz CT molecular complexity index is 1290. The summed E-state index contributed by atoms with van der Waals surface area (Å²) in [6.45, 7) is 3.35. The Morgan fingerprint density at radius 3 is 1.42 bits per heavy atom. The van der Waals surface area contributed by atoms with Gasteiger partial charge in [-0.05, 0) is 67.4 Å². The molecule has 0 atom stereocenters. The van der Waals surface area contributed by atoms with Crippen molar-refractivity contribution in [3.63, 3.8) is 0 Å². The Morgan fingerprint density at radius 1 is 0.658 bits per heavy atom. The third-order valence-corrected chi connectivity index (χ3v) is 5.47. The van der Waals surface area contributed by atoms with Crippen molar-refractivity contribution in [2.75, 3.05) is 28.4 Å². The Kier molecular flexibility index (Phi) is 9.36. The van der Waals surface area contributed by atoms with Gasteiger partial charge in [-0.1, -0.05) is 0 Å². The van der Waals surface area contributed by atoms with E-state index in [9.17, 15) is 9.59 Å². The number of aryl methyl sites for hydroxylation is 2. The average Bonchev–Trinajstić information content (AvgIpc) is 2.92. The first-order valence-electron chi connectivity index (χ1n) is 11.4. The molecule has 3 aromatic rings. The van der Waals surface area contributed by atoms with Gasteiger partial charge in [0.05, 0.1) is 63.4 Å². The van der Waals surface area contributed by atoms with Crippen LogP contribution in [0.1, 0.15) is 43.2 Å². The van der Waals surface area contributed by atoms with Crippen molar-refractivity contribution >= 4 is 24.2 Å². The van der Waals surface area contributed by atoms with Gasteiger partial charge >= 0.3 is 0 Å². The maximum atomic E-state index is 12.8. The molecule has 11 heteroatoms. The standard InChI is InChI=1S/C27H29N5O6/c1-16-20(26(33)31-28-14-18-7-9-22(35-3)24(11-18)37-5)13-21(17(2)30-16)27(34)32-29-15-19-8-10-23(36-4)25(12-19)38-6/h7-15H,1-6H3,(H,31,33)(H,32,34). The highest BCUT2D eigenvalue weighted by molar-refractivity contribution is 6.01. The molecular weight excluding hydrogens is 490 g/mol. The van der Waals surface area contributed by atoms with Gasteiger partial charge in [-0.15, -0.1) is 0 Å². The fourth-order valence-electron chi connectivity index (χ4n) is 3.50. The zero-order valence-electron chi connectivity index (χ0n) is 22.0. The van der Waals surface area contributed by atoms with Crippen molar-refractivity contribution in [1.29, 1.82) is 0 Å². The highest BCUT2D eigenvalue weighted by Gasteiger charge is 2.17. The lowest BCUT2D eigenvalue weighted by Gasteiger charge is -2.10. The van der Waals surface area contributed by atoms with Gasteiger partial charge in [0, 0.05) is 0 Å². The van der Waals surface area contributed by atoms with Crippen molar-refractivity contribution in [1.82, 2.24) is 15.8 Å². The molecule has 0 aliphatic heterocycles. The fourth-order valence-corrected chi connectivity index (χ4v) is 3.50. The molecule has 0 radical (unpaired) electrons. The molecule has 2 amide bonds. The third-order valence-electron chi connectivity index (χ3n) is 5.47. The molecule has 1 heterocycles. The molecule has 0 aliphatic carbocycles. The number of nitrogens with zero attached hydrogens (tertiary/aromatic N) is 3. The van der Waals surface area contributed by atoms with Gasteiger partial charge in [0.25, 0.3) is 11.8 Å². The highest BCUT2D eigenvalue weighted by atomic mass is 16.5. The predicted octanol–water partition coefficient (Wildman–Crippen LogP) is 3.26. The van der Waals surface area contributed by atoms with Gasteiger partial charge in [-0.3, -0.25) is 14.6 Å². The molecule has 3 rings (SSSR count). The van der Waals surface area contributed by atoms with Crippen LogP contribution in [0.4, 0.5) is 0 Å². The molecule has 1 aromatic heterocycles. The topological polar surface area (TPSA) is 133 Å². The number of carbonyl (C=O) groups is 2. The third kappa shape index (κ3) is 6.64. The summed E-state index contributed by atoms with van der Waals surface area (Å²) in [5.74, 6) is 1.18. The maximum Gasteiger partial charge on any atom is 0.273 e. The first-order chi connectivity index (χ1) is 18.3. The van der Waals surface area contributed by atoms with Crippen molar-refractivity contribution in [2.45, 2.75) is 13.8 Å². The normalized spacial score (nSPS) is 10.9. The van der Waals surface area contributed by atoms with Crippen LogP contribution in [0.3, 0.4) is 0 Å². The van der Waals surface area contributed by atoms with Gasteiger partial charge in [-0.2, -0.15) is 10.2 Å². The molecule has 0 bridgehead atoms. The number of ether oxygens (including phenoxy) is 4. The first kappa shape index (κ1) is 27.7. The molecule has 38 heavy (non-hydrogen) atoms. The molecule has 0 aliphatic rings. The summed E-state index contributed by atoms with van der Waals surface area (Å²) in [4.78, 5) is 29.9. The number of carbonyl (C=O) groups excluding carboxylic acids is 2. The molecule has 0 spiro atoms. The van der Waals surface area contributed by atoms with Crippen LogP contribution in [0, 0.1) is 13.8 Å². The lowest BCUT2D eigenvalue weighted by atomic mass is 10.1. The maximum absolute atomic E-state index is 12.8. The van der Waals surface area contributed by atoms with Crippen molar-refractivity contribution in [2.24, 2.45) is 10.2 Å². The number of rotatable bonds is 10. The van der Waals surface area contributed by atoms with Crippen LogP contribution < -0.4 is 29.8 Å². The number of hydrogen-bond donors (Lipinski definition) is 2. The van der Waals surface area contributed by atoms with E-state index in [1.807, 2.05) is 0 Å². The Balaban J connectivity index is 1.71. The Hall–Kier alpha value is -4.93. The highest BCUT2D eigenvalue weighted by Crippen LogP contribution is 2.27.